The summed E-state index contributed by atoms with van der Waals surface area (Å²) < 4.78 is 1.74. The Morgan fingerprint density at radius 2 is 2.54 bits per heavy atom. The Morgan fingerprint density at radius 1 is 1.77 bits per heavy atom. The highest BCUT2D eigenvalue weighted by Crippen LogP contribution is 2.09. The molecule has 0 radical (unpaired) electrons. The van der Waals surface area contributed by atoms with Gasteiger partial charge in [-0.15, -0.1) is 0 Å². The van der Waals surface area contributed by atoms with Crippen molar-refractivity contribution in [1.29, 1.82) is 5.26 Å². The van der Waals surface area contributed by atoms with Crippen LogP contribution in [0.1, 0.15) is 19.8 Å². The number of nitriles is 1. The largest absolute Gasteiger partial charge is 0.379 e. The molecule has 0 fully saturated rings. The summed E-state index contributed by atoms with van der Waals surface area (Å²) in [5.74, 6) is 0. The molecule has 0 bridgehead atoms. The second-order valence-electron chi connectivity index (χ2n) is 3.01. The van der Waals surface area contributed by atoms with Crippen molar-refractivity contribution in [3.05, 3.63) is 12.4 Å². The first kappa shape index (κ1) is 9.59. The minimum atomic E-state index is 0.231. The van der Waals surface area contributed by atoms with Crippen LogP contribution < -0.4 is 5.32 Å². The van der Waals surface area contributed by atoms with Crippen molar-refractivity contribution in [3.8, 4) is 6.07 Å². The van der Waals surface area contributed by atoms with Gasteiger partial charge in [0.25, 0.3) is 0 Å². The number of anilines is 1. The van der Waals surface area contributed by atoms with Crippen molar-refractivity contribution in [2.45, 2.75) is 25.8 Å². The maximum atomic E-state index is 8.54. The zero-order valence-corrected chi connectivity index (χ0v) is 7.99. The Morgan fingerprint density at radius 3 is 3.00 bits per heavy atom. The molecule has 1 N–H and O–H groups in total. The van der Waals surface area contributed by atoms with Crippen LogP contribution in [0.3, 0.4) is 0 Å². The van der Waals surface area contributed by atoms with Gasteiger partial charge < -0.3 is 5.32 Å². The van der Waals surface area contributed by atoms with E-state index in [9.17, 15) is 0 Å². The lowest BCUT2D eigenvalue weighted by Crippen LogP contribution is -2.17. The molecular weight excluding hydrogens is 164 g/mol. The summed E-state index contributed by atoms with van der Waals surface area (Å²) in [6, 6.07) is 2.39. The second-order valence-corrected chi connectivity index (χ2v) is 3.01. The van der Waals surface area contributed by atoms with Crippen LogP contribution in [0.5, 0.6) is 0 Å². The molecule has 4 nitrogen and oxygen atoms in total. The lowest BCUT2D eigenvalue weighted by Gasteiger charge is -2.12. The lowest BCUT2D eigenvalue weighted by atomic mass is 10.1. The highest BCUT2D eigenvalue weighted by molar-refractivity contribution is 5.39. The SMILES string of the molecule is CCC(CC#N)Nc1cnn(C)c1. The molecule has 70 valence electrons. The molecule has 0 aliphatic carbocycles. The standard InChI is InChI=1S/C9H14N4/c1-3-8(4-5-10)12-9-6-11-13(2)7-9/h6-8,12H,3-4H2,1-2H3. The van der Waals surface area contributed by atoms with E-state index in [1.54, 1.807) is 10.9 Å². The van der Waals surface area contributed by atoms with Gasteiger partial charge in [0.1, 0.15) is 0 Å². The molecular formula is C9H14N4. The normalized spacial score (nSPS) is 12.1. The van der Waals surface area contributed by atoms with Gasteiger partial charge in [-0.25, -0.2) is 0 Å². The smallest absolute Gasteiger partial charge is 0.0728 e. The first-order valence-corrected chi connectivity index (χ1v) is 4.38. The monoisotopic (exact) mass is 178 g/mol. The summed E-state index contributed by atoms with van der Waals surface area (Å²) >= 11 is 0. The molecule has 4 heteroatoms. The minimum Gasteiger partial charge on any atom is -0.379 e. The van der Waals surface area contributed by atoms with Gasteiger partial charge in [-0.3, -0.25) is 4.68 Å². The van der Waals surface area contributed by atoms with Gasteiger partial charge in [-0.2, -0.15) is 10.4 Å². The van der Waals surface area contributed by atoms with Gasteiger partial charge in [0.2, 0.25) is 0 Å². The van der Waals surface area contributed by atoms with Gasteiger partial charge in [0, 0.05) is 19.3 Å². The summed E-state index contributed by atoms with van der Waals surface area (Å²) in [5.41, 5.74) is 0.976. The summed E-state index contributed by atoms with van der Waals surface area (Å²) in [5, 5.41) is 15.8. The molecule has 0 amide bonds. The van der Waals surface area contributed by atoms with Crippen LogP contribution in [0, 0.1) is 11.3 Å². The number of aryl methyl sites for hydroxylation is 1. The molecule has 1 rings (SSSR count). The van der Waals surface area contributed by atoms with Gasteiger partial charge in [-0.1, -0.05) is 6.92 Å². The molecule has 1 unspecified atom stereocenters. The summed E-state index contributed by atoms with van der Waals surface area (Å²) in [7, 11) is 1.87. The van der Waals surface area contributed by atoms with E-state index in [1.165, 1.54) is 0 Å². The molecule has 13 heavy (non-hydrogen) atoms. The number of aromatic nitrogens is 2. The van der Waals surface area contributed by atoms with Crippen molar-refractivity contribution < 1.29 is 0 Å². The van der Waals surface area contributed by atoms with Crippen molar-refractivity contribution in [2.24, 2.45) is 7.05 Å². The first-order chi connectivity index (χ1) is 6.26. The maximum Gasteiger partial charge on any atom is 0.0728 e. The zero-order chi connectivity index (χ0) is 9.68. The van der Waals surface area contributed by atoms with E-state index in [0.717, 1.165) is 12.1 Å². The third-order valence-electron chi connectivity index (χ3n) is 1.91. The number of nitrogens with zero attached hydrogens (tertiary/aromatic N) is 3. The fourth-order valence-corrected chi connectivity index (χ4v) is 1.14. The Kier molecular flexibility index (Phi) is 3.32. The van der Waals surface area contributed by atoms with Gasteiger partial charge in [0.15, 0.2) is 0 Å². The van der Waals surface area contributed by atoms with Crippen LogP contribution in [0.25, 0.3) is 0 Å². The minimum absolute atomic E-state index is 0.231. The predicted octanol–water partition coefficient (Wildman–Crippen LogP) is 1.52. The van der Waals surface area contributed by atoms with Crippen LogP contribution >= 0.6 is 0 Å². The molecule has 1 aromatic rings. The number of hydrogen-bond donors (Lipinski definition) is 1. The molecule has 0 saturated heterocycles. The Hall–Kier alpha value is -1.50. The van der Waals surface area contributed by atoms with Gasteiger partial charge >= 0.3 is 0 Å². The quantitative estimate of drug-likeness (QED) is 0.760. The van der Waals surface area contributed by atoms with Crippen molar-refractivity contribution in [3.63, 3.8) is 0 Å². The van der Waals surface area contributed by atoms with Crippen LogP contribution in [-0.2, 0) is 7.05 Å². The molecule has 0 aliphatic rings. The summed E-state index contributed by atoms with van der Waals surface area (Å²) in [4.78, 5) is 0. The maximum absolute atomic E-state index is 8.54. The molecule has 1 heterocycles. The number of nitrogens with one attached hydrogen (secondary N) is 1. The van der Waals surface area contributed by atoms with E-state index in [-0.39, 0.29) is 6.04 Å². The van der Waals surface area contributed by atoms with E-state index in [0.29, 0.717) is 6.42 Å². The van der Waals surface area contributed by atoms with Crippen LogP contribution in [0.4, 0.5) is 5.69 Å². The Balaban J connectivity index is 2.52. The fourth-order valence-electron chi connectivity index (χ4n) is 1.14. The molecule has 1 atom stereocenters. The third kappa shape index (κ3) is 2.79. The highest BCUT2D eigenvalue weighted by Gasteiger charge is 2.05. The Labute approximate surface area is 78.2 Å². The molecule has 0 spiro atoms. The van der Waals surface area contributed by atoms with Crippen LogP contribution in [0.15, 0.2) is 12.4 Å². The van der Waals surface area contributed by atoms with Crippen LogP contribution in [-0.4, -0.2) is 15.8 Å². The van der Waals surface area contributed by atoms with Crippen molar-refractivity contribution in [2.75, 3.05) is 5.32 Å². The Bertz CT molecular complexity index is 297. The number of rotatable bonds is 4. The average Bonchev–Trinajstić information content (AvgIpc) is 2.50. The molecule has 0 aromatic carbocycles. The van der Waals surface area contributed by atoms with E-state index < -0.39 is 0 Å². The lowest BCUT2D eigenvalue weighted by molar-refractivity contribution is 0.710. The summed E-state index contributed by atoms with van der Waals surface area (Å²) in [6.07, 6.45) is 5.15. The number of hydrogen-bond acceptors (Lipinski definition) is 3. The van der Waals surface area contributed by atoms with E-state index in [1.807, 2.05) is 13.2 Å². The molecule has 0 aliphatic heterocycles. The van der Waals surface area contributed by atoms with Crippen molar-refractivity contribution >= 4 is 5.69 Å². The van der Waals surface area contributed by atoms with Crippen molar-refractivity contribution in [1.82, 2.24) is 9.78 Å². The topological polar surface area (TPSA) is 53.6 Å². The fraction of sp³-hybridized carbons (Fsp3) is 0.556. The highest BCUT2D eigenvalue weighted by atomic mass is 15.3. The van der Waals surface area contributed by atoms with E-state index >= 15 is 0 Å². The van der Waals surface area contributed by atoms with Gasteiger partial charge in [0.05, 0.1) is 24.4 Å². The first-order valence-electron chi connectivity index (χ1n) is 4.38. The average molecular weight is 178 g/mol. The van der Waals surface area contributed by atoms with E-state index in [2.05, 4.69) is 23.4 Å². The third-order valence-corrected chi connectivity index (χ3v) is 1.91. The van der Waals surface area contributed by atoms with Crippen LogP contribution in [0.2, 0.25) is 0 Å². The zero-order valence-electron chi connectivity index (χ0n) is 7.99. The molecule has 1 aromatic heterocycles. The summed E-state index contributed by atoms with van der Waals surface area (Å²) in [6.45, 7) is 2.06. The van der Waals surface area contributed by atoms with Gasteiger partial charge in [-0.05, 0) is 6.42 Å². The predicted molar refractivity (Wildman–Crippen MR) is 51.1 cm³/mol. The van der Waals surface area contributed by atoms with E-state index in [4.69, 9.17) is 5.26 Å². The second kappa shape index (κ2) is 4.51. The molecule has 0 saturated carbocycles.